The molecule has 1 atom stereocenters. The molecule has 3 rings (SSSR count). The van der Waals surface area contributed by atoms with E-state index < -0.39 is 0 Å². The molecule has 0 aliphatic carbocycles. The minimum absolute atomic E-state index is 0. The Kier molecular flexibility index (Phi) is 9.72. The molecule has 8 heteroatoms. The molecular weight excluding hydrogens is 487 g/mol. The van der Waals surface area contributed by atoms with Crippen LogP contribution in [0, 0.1) is 0 Å². The molecule has 1 saturated heterocycles. The number of benzene rings is 1. The van der Waals surface area contributed by atoms with E-state index in [4.69, 9.17) is 4.74 Å². The average Bonchev–Trinajstić information content (AvgIpc) is 3.38. The molecule has 1 fully saturated rings. The van der Waals surface area contributed by atoms with Crippen molar-refractivity contribution in [2.24, 2.45) is 4.99 Å². The number of thiophene rings is 1. The van der Waals surface area contributed by atoms with Gasteiger partial charge in [0.2, 0.25) is 0 Å². The monoisotopic (exact) mass is 514 g/mol. The van der Waals surface area contributed by atoms with Crippen LogP contribution in [0.15, 0.2) is 46.1 Å². The molecule has 1 aromatic heterocycles. The van der Waals surface area contributed by atoms with Gasteiger partial charge in [-0.05, 0) is 59.9 Å². The lowest BCUT2D eigenvalue weighted by atomic mass is 10.2. The first-order valence-electron chi connectivity index (χ1n) is 9.29. The standard InChI is InChI=1S/C20H26N4O2S.HI/c1-2-21-20(23-13-16-8-10-27-14-16)22-12-15-5-3-6-17(11-15)24-19(25)18-7-4-9-26-18;/h3,5-6,8,10-11,14,18H,2,4,7,9,12-13H2,1H3,(H,24,25)(H2,21,22,23);1H. The molecule has 1 amide bonds. The van der Waals surface area contributed by atoms with Crippen LogP contribution in [0.2, 0.25) is 0 Å². The van der Waals surface area contributed by atoms with Gasteiger partial charge in [-0.25, -0.2) is 4.99 Å². The topological polar surface area (TPSA) is 74.8 Å². The normalized spacial score (nSPS) is 16.3. The number of halogens is 1. The number of carbonyl (C=O) groups excluding carboxylic acids is 1. The largest absolute Gasteiger partial charge is 0.368 e. The van der Waals surface area contributed by atoms with Gasteiger partial charge in [-0.1, -0.05) is 12.1 Å². The van der Waals surface area contributed by atoms with E-state index in [-0.39, 0.29) is 36.0 Å². The van der Waals surface area contributed by atoms with Gasteiger partial charge in [0.1, 0.15) is 6.10 Å². The van der Waals surface area contributed by atoms with Crippen LogP contribution in [0.5, 0.6) is 0 Å². The minimum Gasteiger partial charge on any atom is -0.368 e. The van der Waals surface area contributed by atoms with E-state index in [0.29, 0.717) is 19.7 Å². The van der Waals surface area contributed by atoms with Crippen molar-refractivity contribution >= 4 is 52.9 Å². The zero-order valence-electron chi connectivity index (χ0n) is 15.9. The summed E-state index contributed by atoms with van der Waals surface area (Å²) >= 11 is 1.68. The first-order chi connectivity index (χ1) is 13.2. The van der Waals surface area contributed by atoms with Crippen LogP contribution < -0.4 is 16.0 Å². The van der Waals surface area contributed by atoms with Crippen LogP contribution in [0.4, 0.5) is 5.69 Å². The van der Waals surface area contributed by atoms with Crippen LogP contribution in [0.1, 0.15) is 30.9 Å². The molecule has 6 nitrogen and oxygen atoms in total. The molecule has 28 heavy (non-hydrogen) atoms. The van der Waals surface area contributed by atoms with Gasteiger partial charge in [0.15, 0.2) is 5.96 Å². The molecule has 3 N–H and O–H groups in total. The van der Waals surface area contributed by atoms with Crippen molar-refractivity contribution < 1.29 is 9.53 Å². The van der Waals surface area contributed by atoms with E-state index in [1.54, 1.807) is 11.3 Å². The third-order valence-corrected chi connectivity index (χ3v) is 4.95. The van der Waals surface area contributed by atoms with Gasteiger partial charge in [-0.15, -0.1) is 24.0 Å². The Bertz CT molecular complexity index is 761. The van der Waals surface area contributed by atoms with Crippen LogP contribution in [0.25, 0.3) is 0 Å². The number of amides is 1. The van der Waals surface area contributed by atoms with Crippen molar-refractivity contribution in [1.29, 1.82) is 0 Å². The Hall–Kier alpha value is -1.65. The summed E-state index contributed by atoms with van der Waals surface area (Å²) in [6, 6.07) is 9.92. The predicted molar refractivity (Wildman–Crippen MR) is 125 cm³/mol. The van der Waals surface area contributed by atoms with Crippen molar-refractivity contribution in [2.75, 3.05) is 18.5 Å². The molecule has 0 radical (unpaired) electrons. The van der Waals surface area contributed by atoms with Crippen molar-refractivity contribution in [2.45, 2.75) is 39.0 Å². The number of nitrogens with one attached hydrogen (secondary N) is 3. The molecule has 2 heterocycles. The maximum Gasteiger partial charge on any atom is 0.253 e. The Labute approximate surface area is 187 Å². The minimum atomic E-state index is -0.323. The molecule has 1 aromatic carbocycles. The number of ether oxygens (including phenoxy) is 1. The Morgan fingerprint density at radius 3 is 2.89 bits per heavy atom. The molecule has 0 bridgehead atoms. The molecule has 0 spiro atoms. The maximum atomic E-state index is 12.2. The molecule has 1 aliphatic heterocycles. The van der Waals surface area contributed by atoms with Crippen LogP contribution in [0.3, 0.4) is 0 Å². The summed E-state index contributed by atoms with van der Waals surface area (Å²) in [6.45, 7) is 4.78. The van der Waals surface area contributed by atoms with Gasteiger partial charge < -0.3 is 20.7 Å². The fourth-order valence-corrected chi connectivity index (χ4v) is 3.51. The fraction of sp³-hybridized carbons (Fsp3) is 0.400. The van der Waals surface area contributed by atoms with Crippen LogP contribution >= 0.6 is 35.3 Å². The molecule has 1 unspecified atom stereocenters. The Morgan fingerprint density at radius 2 is 2.18 bits per heavy atom. The van der Waals surface area contributed by atoms with Crippen molar-refractivity contribution in [3.63, 3.8) is 0 Å². The first kappa shape index (κ1) is 22.6. The fourth-order valence-electron chi connectivity index (χ4n) is 2.85. The van der Waals surface area contributed by atoms with Gasteiger partial charge in [0.25, 0.3) is 5.91 Å². The highest BCUT2D eigenvalue weighted by molar-refractivity contribution is 14.0. The first-order valence-corrected chi connectivity index (χ1v) is 10.2. The van der Waals surface area contributed by atoms with E-state index in [2.05, 4.69) is 37.8 Å². The predicted octanol–water partition coefficient (Wildman–Crippen LogP) is 3.74. The molecular formula is C20H27IN4O2S. The SMILES string of the molecule is CCNC(=NCc1ccsc1)NCc1cccc(NC(=O)C2CCCO2)c1.I. The highest BCUT2D eigenvalue weighted by Gasteiger charge is 2.23. The Balaban J connectivity index is 0.00000280. The number of hydrogen-bond acceptors (Lipinski definition) is 4. The quantitative estimate of drug-likeness (QED) is 0.299. The lowest BCUT2D eigenvalue weighted by Gasteiger charge is -2.13. The number of anilines is 1. The smallest absolute Gasteiger partial charge is 0.253 e. The number of hydrogen-bond donors (Lipinski definition) is 3. The van der Waals surface area contributed by atoms with E-state index in [9.17, 15) is 4.79 Å². The highest BCUT2D eigenvalue weighted by atomic mass is 127. The number of aliphatic imine (C=N–C) groups is 1. The van der Waals surface area contributed by atoms with Crippen molar-refractivity contribution in [1.82, 2.24) is 10.6 Å². The number of rotatable bonds is 7. The highest BCUT2D eigenvalue weighted by Crippen LogP contribution is 2.16. The van der Waals surface area contributed by atoms with E-state index in [0.717, 1.165) is 36.6 Å². The molecule has 0 saturated carbocycles. The lowest BCUT2D eigenvalue weighted by molar-refractivity contribution is -0.124. The molecule has 152 valence electrons. The van der Waals surface area contributed by atoms with Crippen molar-refractivity contribution in [3.05, 3.63) is 52.2 Å². The summed E-state index contributed by atoms with van der Waals surface area (Å²) in [5.74, 6) is 0.709. The summed E-state index contributed by atoms with van der Waals surface area (Å²) in [7, 11) is 0. The van der Waals surface area contributed by atoms with Crippen LogP contribution in [-0.2, 0) is 22.6 Å². The van der Waals surface area contributed by atoms with Gasteiger partial charge in [0.05, 0.1) is 6.54 Å². The summed E-state index contributed by atoms with van der Waals surface area (Å²) in [6.07, 6.45) is 1.41. The second-order valence-corrected chi connectivity index (χ2v) is 7.15. The second kappa shape index (κ2) is 12.0. The summed E-state index contributed by atoms with van der Waals surface area (Å²) < 4.78 is 5.43. The third-order valence-electron chi connectivity index (χ3n) is 4.22. The van der Waals surface area contributed by atoms with E-state index >= 15 is 0 Å². The average molecular weight is 514 g/mol. The second-order valence-electron chi connectivity index (χ2n) is 6.37. The third kappa shape index (κ3) is 7.06. The maximum absolute atomic E-state index is 12.2. The van der Waals surface area contributed by atoms with Crippen LogP contribution in [-0.4, -0.2) is 31.1 Å². The zero-order chi connectivity index (χ0) is 18.9. The van der Waals surface area contributed by atoms with Gasteiger partial charge in [0, 0.05) is 25.4 Å². The van der Waals surface area contributed by atoms with Gasteiger partial charge in [-0.3, -0.25) is 4.79 Å². The zero-order valence-corrected chi connectivity index (χ0v) is 19.1. The van der Waals surface area contributed by atoms with E-state index in [1.807, 2.05) is 31.2 Å². The summed E-state index contributed by atoms with van der Waals surface area (Å²) in [4.78, 5) is 16.8. The molecule has 1 aliphatic rings. The number of carbonyl (C=O) groups is 1. The summed E-state index contributed by atoms with van der Waals surface area (Å²) in [5.41, 5.74) is 3.06. The van der Waals surface area contributed by atoms with Gasteiger partial charge in [-0.2, -0.15) is 11.3 Å². The Morgan fingerprint density at radius 1 is 1.29 bits per heavy atom. The number of guanidine groups is 1. The lowest BCUT2D eigenvalue weighted by Crippen LogP contribution is -2.36. The summed E-state index contributed by atoms with van der Waals surface area (Å²) in [5, 5.41) is 13.7. The van der Waals surface area contributed by atoms with Crippen molar-refractivity contribution in [3.8, 4) is 0 Å². The van der Waals surface area contributed by atoms with E-state index in [1.165, 1.54) is 5.56 Å². The number of nitrogens with zero attached hydrogens (tertiary/aromatic N) is 1. The van der Waals surface area contributed by atoms with Gasteiger partial charge >= 0.3 is 0 Å². The molecule has 2 aromatic rings.